The molecule has 0 fully saturated rings. The molecule has 2 aromatic rings. The minimum absolute atomic E-state index is 0.163. The van der Waals surface area contributed by atoms with Crippen LogP contribution >= 0.6 is 12.2 Å². The van der Waals surface area contributed by atoms with Crippen molar-refractivity contribution in [1.29, 1.82) is 0 Å². The van der Waals surface area contributed by atoms with Crippen LogP contribution in [0.2, 0.25) is 0 Å². The summed E-state index contributed by atoms with van der Waals surface area (Å²) in [4.78, 5) is 4.25. The van der Waals surface area contributed by atoms with E-state index in [1.807, 2.05) is 24.3 Å². The van der Waals surface area contributed by atoms with Gasteiger partial charge in [-0.1, -0.05) is 31.2 Å². The summed E-state index contributed by atoms with van der Waals surface area (Å²) in [6.07, 6.45) is 2.64. The van der Waals surface area contributed by atoms with Crippen LogP contribution in [0.15, 0.2) is 42.6 Å². The fourth-order valence-electron chi connectivity index (χ4n) is 2.33. The number of nitrogens with zero attached hydrogens (tertiary/aromatic N) is 1. The SMILES string of the molecule is CC[C@H](NC(=S)Nc1ncccc1OC)c1ccccc1C. The Morgan fingerprint density at radius 2 is 2.05 bits per heavy atom. The molecule has 4 nitrogen and oxygen atoms in total. The summed E-state index contributed by atoms with van der Waals surface area (Å²) in [5.74, 6) is 1.28. The van der Waals surface area contributed by atoms with Crippen molar-refractivity contribution in [3.63, 3.8) is 0 Å². The van der Waals surface area contributed by atoms with Crippen LogP contribution in [0.1, 0.15) is 30.5 Å². The van der Waals surface area contributed by atoms with Gasteiger partial charge in [-0.25, -0.2) is 4.98 Å². The highest BCUT2D eigenvalue weighted by molar-refractivity contribution is 7.80. The number of hydrogen-bond donors (Lipinski definition) is 2. The van der Waals surface area contributed by atoms with E-state index >= 15 is 0 Å². The van der Waals surface area contributed by atoms with E-state index in [1.165, 1.54) is 11.1 Å². The molecular formula is C17H21N3OS. The summed E-state index contributed by atoms with van der Waals surface area (Å²) < 4.78 is 5.27. The zero-order chi connectivity index (χ0) is 15.9. The standard InChI is InChI=1S/C17H21N3OS/c1-4-14(13-9-6-5-8-12(13)2)19-17(22)20-16-15(21-3)10-7-11-18-16/h5-11,14H,4H2,1-3H3,(H2,18,19,20,22)/t14-/m0/s1. The molecule has 22 heavy (non-hydrogen) atoms. The Labute approximate surface area is 136 Å². The lowest BCUT2D eigenvalue weighted by Gasteiger charge is -2.21. The number of pyridine rings is 1. The highest BCUT2D eigenvalue weighted by Gasteiger charge is 2.13. The number of ether oxygens (including phenoxy) is 1. The van der Waals surface area contributed by atoms with Crippen LogP contribution in [-0.2, 0) is 0 Å². The Kier molecular flexibility index (Phi) is 5.72. The molecule has 1 atom stereocenters. The largest absolute Gasteiger partial charge is 0.493 e. The number of methoxy groups -OCH3 is 1. The molecule has 0 amide bonds. The van der Waals surface area contributed by atoms with E-state index < -0.39 is 0 Å². The molecule has 1 aromatic heterocycles. The summed E-state index contributed by atoms with van der Waals surface area (Å²) in [7, 11) is 1.61. The molecule has 5 heteroatoms. The number of aromatic nitrogens is 1. The van der Waals surface area contributed by atoms with Gasteiger partial charge in [0.2, 0.25) is 0 Å². The Hall–Kier alpha value is -2.14. The first kappa shape index (κ1) is 16.2. The summed E-state index contributed by atoms with van der Waals surface area (Å²) >= 11 is 5.41. The Morgan fingerprint density at radius 3 is 2.73 bits per heavy atom. The number of rotatable bonds is 5. The zero-order valence-corrected chi connectivity index (χ0v) is 13.9. The van der Waals surface area contributed by atoms with Crippen molar-refractivity contribution in [2.45, 2.75) is 26.3 Å². The monoisotopic (exact) mass is 315 g/mol. The van der Waals surface area contributed by atoms with Crippen molar-refractivity contribution >= 4 is 23.1 Å². The molecule has 0 spiro atoms. The summed E-state index contributed by atoms with van der Waals surface area (Å²) in [6.45, 7) is 4.24. The van der Waals surface area contributed by atoms with Crippen LogP contribution in [0.4, 0.5) is 5.82 Å². The first-order chi connectivity index (χ1) is 10.7. The minimum atomic E-state index is 0.163. The fraction of sp³-hybridized carbons (Fsp3) is 0.294. The number of aryl methyl sites for hydroxylation is 1. The molecule has 2 rings (SSSR count). The van der Waals surface area contributed by atoms with Crippen molar-refractivity contribution in [3.8, 4) is 5.75 Å². The predicted molar refractivity (Wildman–Crippen MR) is 94.4 cm³/mol. The van der Waals surface area contributed by atoms with Gasteiger partial charge < -0.3 is 15.4 Å². The number of nitrogens with one attached hydrogen (secondary N) is 2. The molecule has 1 heterocycles. The fourth-order valence-corrected chi connectivity index (χ4v) is 2.57. The van der Waals surface area contributed by atoms with Gasteiger partial charge in [0.1, 0.15) is 0 Å². The normalized spacial score (nSPS) is 11.6. The van der Waals surface area contributed by atoms with Gasteiger partial charge in [0.05, 0.1) is 13.2 Å². The smallest absolute Gasteiger partial charge is 0.174 e. The second kappa shape index (κ2) is 7.75. The second-order valence-corrected chi connectivity index (χ2v) is 5.38. The maximum atomic E-state index is 5.41. The summed E-state index contributed by atoms with van der Waals surface area (Å²) in [5, 5.41) is 6.98. The van der Waals surface area contributed by atoms with Crippen molar-refractivity contribution in [3.05, 3.63) is 53.7 Å². The molecule has 0 radical (unpaired) electrons. The van der Waals surface area contributed by atoms with Gasteiger partial charge in [-0.3, -0.25) is 0 Å². The molecule has 1 aromatic carbocycles. The van der Waals surface area contributed by atoms with Gasteiger partial charge in [-0.15, -0.1) is 0 Å². The van der Waals surface area contributed by atoms with Gasteiger partial charge in [0.25, 0.3) is 0 Å². The van der Waals surface area contributed by atoms with Gasteiger partial charge in [0.15, 0.2) is 16.7 Å². The molecule has 0 bridgehead atoms. The van der Waals surface area contributed by atoms with E-state index in [-0.39, 0.29) is 6.04 Å². The van der Waals surface area contributed by atoms with Crippen LogP contribution < -0.4 is 15.4 Å². The quantitative estimate of drug-likeness (QED) is 0.821. The number of anilines is 1. The lowest BCUT2D eigenvalue weighted by atomic mass is 10.00. The third kappa shape index (κ3) is 3.95. The summed E-state index contributed by atoms with van der Waals surface area (Å²) in [5.41, 5.74) is 2.50. The minimum Gasteiger partial charge on any atom is -0.493 e. The van der Waals surface area contributed by atoms with E-state index in [4.69, 9.17) is 17.0 Å². The molecule has 0 aliphatic carbocycles. The lowest BCUT2D eigenvalue weighted by Crippen LogP contribution is -2.32. The molecule has 0 saturated heterocycles. The number of thiocarbonyl (C=S) groups is 1. The lowest BCUT2D eigenvalue weighted by molar-refractivity contribution is 0.415. The first-order valence-electron chi connectivity index (χ1n) is 7.27. The van der Waals surface area contributed by atoms with E-state index in [9.17, 15) is 0 Å². The Morgan fingerprint density at radius 1 is 1.27 bits per heavy atom. The zero-order valence-electron chi connectivity index (χ0n) is 13.1. The van der Waals surface area contributed by atoms with E-state index in [1.54, 1.807) is 13.3 Å². The maximum absolute atomic E-state index is 5.41. The molecule has 0 aliphatic rings. The van der Waals surface area contributed by atoms with E-state index in [0.717, 1.165) is 6.42 Å². The maximum Gasteiger partial charge on any atom is 0.174 e. The van der Waals surface area contributed by atoms with Crippen LogP contribution in [0, 0.1) is 6.92 Å². The van der Waals surface area contributed by atoms with Crippen molar-refractivity contribution < 1.29 is 4.74 Å². The van der Waals surface area contributed by atoms with Crippen LogP contribution in [-0.4, -0.2) is 17.2 Å². The highest BCUT2D eigenvalue weighted by atomic mass is 32.1. The average Bonchev–Trinajstić information content (AvgIpc) is 2.54. The highest BCUT2D eigenvalue weighted by Crippen LogP contribution is 2.22. The van der Waals surface area contributed by atoms with Crippen LogP contribution in [0.3, 0.4) is 0 Å². The molecule has 0 unspecified atom stereocenters. The van der Waals surface area contributed by atoms with Crippen molar-refractivity contribution in [2.24, 2.45) is 0 Å². The number of hydrogen-bond acceptors (Lipinski definition) is 3. The molecule has 0 saturated carbocycles. The third-order valence-corrected chi connectivity index (χ3v) is 3.72. The van der Waals surface area contributed by atoms with Crippen molar-refractivity contribution in [1.82, 2.24) is 10.3 Å². The van der Waals surface area contributed by atoms with Gasteiger partial charge >= 0.3 is 0 Å². The first-order valence-corrected chi connectivity index (χ1v) is 7.68. The van der Waals surface area contributed by atoms with Crippen LogP contribution in [0.25, 0.3) is 0 Å². The average molecular weight is 315 g/mol. The molecular weight excluding hydrogens is 294 g/mol. The van der Waals surface area contributed by atoms with E-state index in [2.05, 4.69) is 41.6 Å². The van der Waals surface area contributed by atoms with Gasteiger partial charge in [0, 0.05) is 6.20 Å². The second-order valence-electron chi connectivity index (χ2n) is 4.97. The van der Waals surface area contributed by atoms with Gasteiger partial charge in [-0.05, 0) is 48.8 Å². The summed E-state index contributed by atoms with van der Waals surface area (Å²) in [6, 6.07) is 12.2. The predicted octanol–water partition coefficient (Wildman–Crippen LogP) is 3.84. The molecule has 116 valence electrons. The topological polar surface area (TPSA) is 46.2 Å². The molecule has 2 N–H and O–H groups in total. The Balaban J connectivity index is 2.08. The Bertz CT molecular complexity index is 645. The van der Waals surface area contributed by atoms with Crippen molar-refractivity contribution in [2.75, 3.05) is 12.4 Å². The van der Waals surface area contributed by atoms with E-state index in [0.29, 0.717) is 16.7 Å². The number of benzene rings is 1. The van der Waals surface area contributed by atoms with Gasteiger partial charge in [-0.2, -0.15) is 0 Å². The van der Waals surface area contributed by atoms with Crippen LogP contribution in [0.5, 0.6) is 5.75 Å². The molecule has 0 aliphatic heterocycles. The third-order valence-electron chi connectivity index (χ3n) is 3.50.